The molecular weight excluding hydrogens is 254 g/mol. The van der Waals surface area contributed by atoms with E-state index in [1.807, 2.05) is 26.0 Å². The molecule has 0 spiro atoms. The van der Waals surface area contributed by atoms with Gasteiger partial charge in [-0.3, -0.25) is 4.79 Å². The van der Waals surface area contributed by atoms with E-state index in [0.717, 1.165) is 31.4 Å². The Bertz CT molecular complexity index is 447. The van der Waals surface area contributed by atoms with Crippen LogP contribution in [0.15, 0.2) is 24.3 Å². The SMILES string of the molecule is CC(C)(C(=O)OCC1CCCCO1)c1ccc(N)cc1. The molecule has 2 rings (SSSR count). The molecule has 0 saturated carbocycles. The van der Waals surface area contributed by atoms with Crippen LogP contribution in [0.1, 0.15) is 38.7 Å². The first-order chi connectivity index (χ1) is 9.50. The molecule has 0 amide bonds. The molecule has 20 heavy (non-hydrogen) atoms. The van der Waals surface area contributed by atoms with Crippen molar-refractivity contribution < 1.29 is 14.3 Å². The molecule has 110 valence electrons. The van der Waals surface area contributed by atoms with Gasteiger partial charge in [-0.15, -0.1) is 0 Å². The van der Waals surface area contributed by atoms with Crippen molar-refractivity contribution in [3.63, 3.8) is 0 Å². The number of benzene rings is 1. The summed E-state index contributed by atoms with van der Waals surface area (Å²) in [6, 6.07) is 7.34. The molecule has 1 heterocycles. The summed E-state index contributed by atoms with van der Waals surface area (Å²) in [4.78, 5) is 12.3. The van der Waals surface area contributed by atoms with E-state index in [1.165, 1.54) is 0 Å². The highest BCUT2D eigenvalue weighted by molar-refractivity contribution is 5.82. The number of anilines is 1. The Kier molecular flexibility index (Phi) is 4.65. The summed E-state index contributed by atoms with van der Waals surface area (Å²) in [5.41, 5.74) is 6.58. The van der Waals surface area contributed by atoms with Gasteiger partial charge in [-0.05, 0) is 50.8 Å². The molecule has 1 saturated heterocycles. The summed E-state index contributed by atoms with van der Waals surface area (Å²) in [5.74, 6) is -0.226. The summed E-state index contributed by atoms with van der Waals surface area (Å²) in [7, 11) is 0. The van der Waals surface area contributed by atoms with Gasteiger partial charge in [0.05, 0.1) is 11.5 Å². The first kappa shape index (κ1) is 14.9. The minimum Gasteiger partial charge on any atom is -0.462 e. The number of carbonyl (C=O) groups excluding carboxylic acids is 1. The molecule has 1 aliphatic heterocycles. The van der Waals surface area contributed by atoms with Crippen LogP contribution in [0, 0.1) is 0 Å². The van der Waals surface area contributed by atoms with E-state index in [4.69, 9.17) is 15.2 Å². The van der Waals surface area contributed by atoms with E-state index in [2.05, 4.69) is 0 Å². The van der Waals surface area contributed by atoms with Gasteiger partial charge in [0.2, 0.25) is 0 Å². The van der Waals surface area contributed by atoms with E-state index < -0.39 is 5.41 Å². The van der Waals surface area contributed by atoms with Crippen molar-refractivity contribution in [3.8, 4) is 0 Å². The molecule has 1 fully saturated rings. The average Bonchev–Trinajstić information content (AvgIpc) is 2.46. The van der Waals surface area contributed by atoms with E-state index in [0.29, 0.717) is 12.3 Å². The lowest BCUT2D eigenvalue weighted by atomic mass is 9.84. The highest BCUT2D eigenvalue weighted by Crippen LogP contribution is 2.26. The normalized spacial score (nSPS) is 19.6. The number of rotatable bonds is 4. The van der Waals surface area contributed by atoms with E-state index in [-0.39, 0.29) is 12.1 Å². The Balaban J connectivity index is 1.94. The van der Waals surface area contributed by atoms with Crippen molar-refractivity contribution >= 4 is 11.7 Å². The van der Waals surface area contributed by atoms with Gasteiger partial charge in [-0.1, -0.05) is 12.1 Å². The lowest BCUT2D eigenvalue weighted by Gasteiger charge is -2.26. The monoisotopic (exact) mass is 277 g/mol. The maximum Gasteiger partial charge on any atom is 0.316 e. The zero-order valence-corrected chi connectivity index (χ0v) is 12.2. The minimum atomic E-state index is -0.678. The van der Waals surface area contributed by atoms with Gasteiger partial charge in [-0.2, -0.15) is 0 Å². The number of ether oxygens (including phenoxy) is 2. The summed E-state index contributed by atoms with van der Waals surface area (Å²) >= 11 is 0. The second-order valence-electron chi connectivity index (χ2n) is 5.83. The molecule has 1 aromatic carbocycles. The van der Waals surface area contributed by atoms with Crippen LogP contribution in [0.3, 0.4) is 0 Å². The molecule has 1 aliphatic rings. The Hall–Kier alpha value is -1.55. The topological polar surface area (TPSA) is 61.5 Å². The first-order valence-corrected chi connectivity index (χ1v) is 7.15. The predicted octanol–water partition coefficient (Wildman–Crippen LogP) is 2.66. The second-order valence-corrected chi connectivity index (χ2v) is 5.83. The van der Waals surface area contributed by atoms with Crippen LogP contribution in [0.4, 0.5) is 5.69 Å². The molecule has 2 N–H and O–H groups in total. The van der Waals surface area contributed by atoms with Crippen LogP contribution in [-0.2, 0) is 19.7 Å². The standard InChI is InChI=1S/C16H23NO3/c1-16(2,12-6-8-13(17)9-7-12)15(18)20-11-14-5-3-4-10-19-14/h6-9,14H,3-5,10-11,17H2,1-2H3. The van der Waals surface area contributed by atoms with E-state index >= 15 is 0 Å². The van der Waals surface area contributed by atoms with Gasteiger partial charge >= 0.3 is 5.97 Å². The van der Waals surface area contributed by atoms with Crippen LogP contribution in [-0.4, -0.2) is 25.3 Å². The molecule has 1 aromatic rings. The molecule has 1 unspecified atom stereocenters. The highest BCUT2D eigenvalue weighted by atomic mass is 16.6. The second kappa shape index (κ2) is 6.27. The molecule has 4 nitrogen and oxygen atoms in total. The first-order valence-electron chi connectivity index (χ1n) is 7.15. The Morgan fingerprint density at radius 2 is 2.05 bits per heavy atom. The smallest absolute Gasteiger partial charge is 0.316 e. The van der Waals surface area contributed by atoms with Crippen molar-refractivity contribution in [2.45, 2.75) is 44.6 Å². The molecule has 0 aliphatic carbocycles. The van der Waals surface area contributed by atoms with E-state index in [1.54, 1.807) is 12.1 Å². The van der Waals surface area contributed by atoms with Crippen molar-refractivity contribution in [2.24, 2.45) is 0 Å². The molecule has 0 radical (unpaired) electrons. The molecule has 0 bridgehead atoms. The van der Waals surface area contributed by atoms with Crippen LogP contribution in [0.2, 0.25) is 0 Å². The van der Waals surface area contributed by atoms with Crippen LogP contribution < -0.4 is 5.73 Å². The fraction of sp³-hybridized carbons (Fsp3) is 0.562. The number of hydrogen-bond acceptors (Lipinski definition) is 4. The summed E-state index contributed by atoms with van der Waals surface area (Å²) < 4.78 is 11.0. The van der Waals surface area contributed by atoms with Gasteiger partial charge in [0.1, 0.15) is 6.61 Å². The largest absolute Gasteiger partial charge is 0.462 e. The van der Waals surface area contributed by atoms with Gasteiger partial charge in [0.25, 0.3) is 0 Å². The van der Waals surface area contributed by atoms with Crippen molar-refractivity contribution in [3.05, 3.63) is 29.8 Å². The fourth-order valence-corrected chi connectivity index (χ4v) is 2.31. The lowest BCUT2D eigenvalue weighted by Crippen LogP contribution is -2.34. The zero-order valence-electron chi connectivity index (χ0n) is 12.2. The maximum atomic E-state index is 12.3. The average molecular weight is 277 g/mol. The summed E-state index contributed by atoms with van der Waals surface area (Å²) in [5, 5.41) is 0. The van der Waals surface area contributed by atoms with Gasteiger partial charge in [0.15, 0.2) is 0 Å². The molecule has 1 atom stereocenters. The number of nitrogens with two attached hydrogens (primary N) is 1. The van der Waals surface area contributed by atoms with Crippen LogP contribution in [0.25, 0.3) is 0 Å². The molecule has 0 aromatic heterocycles. The van der Waals surface area contributed by atoms with E-state index in [9.17, 15) is 4.79 Å². The Labute approximate surface area is 120 Å². The molecule has 4 heteroatoms. The predicted molar refractivity (Wildman–Crippen MR) is 78.4 cm³/mol. The van der Waals surface area contributed by atoms with Gasteiger partial charge < -0.3 is 15.2 Å². The Morgan fingerprint density at radius 1 is 1.35 bits per heavy atom. The third kappa shape index (κ3) is 3.51. The van der Waals surface area contributed by atoms with Crippen molar-refractivity contribution in [1.29, 1.82) is 0 Å². The van der Waals surface area contributed by atoms with Crippen molar-refractivity contribution in [1.82, 2.24) is 0 Å². The lowest BCUT2D eigenvalue weighted by molar-refractivity contribution is -0.154. The maximum absolute atomic E-state index is 12.3. The summed E-state index contributed by atoms with van der Waals surface area (Å²) in [6.07, 6.45) is 3.26. The number of nitrogen functional groups attached to an aromatic ring is 1. The van der Waals surface area contributed by atoms with Crippen molar-refractivity contribution in [2.75, 3.05) is 18.9 Å². The Morgan fingerprint density at radius 3 is 2.65 bits per heavy atom. The molecular formula is C16H23NO3. The zero-order chi connectivity index (χ0) is 14.6. The number of esters is 1. The van der Waals surface area contributed by atoms with Gasteiger partial charge in [0, 0.05) is 12.3 Å². The van der Waals surface area contributed by atoms with Crippen LogP contribution in [0.5, 0.6) is 0 Å². The third-order valence-corrected chi connectivity index (χ3v) is 3.82. The summed E-state index contributed by atoms with van der Waals surface area (Å²) in [6.45, 7) is 4.84. The number of carbonyl (C=O) groups is 1. The minimum absolute atomic E-state index is 0.0508. The number of hydrogen-bond donors (Lipinski definition) is 1. The third-order valence-electron chi connectivity index (χ3n) is 3.82. The van der Waals surface area contributed by atoms with Crippen LogP contribution >= 0.6 is 0 Å². The quantitative estimate of drug-likeness (QED) is 0.679. The van der Waals surface area contributed by atoms with Gasteiger partial charge in [-0.25, -0.2) is 0 Å². The fourth-order valence-electron chi connectivity index (χ4n) is 2.31. The highest BCUT2D eigenvalue weighted by Gasteiger charge is 2.32.